The van der Waals surface area contributed by atoms with Crippen LogP contribution in [0.2, 0.25) is 0 Å². The molecule has 2 aromatic rings. The largest absolute Gasteiger partial charge is 0.455 e. The van der Waals surface area contributed by atoms with Gasteiger partial charge in [0.05, 0.1) is 12.5 Å². The summed E-state index contributed by atoms with van der Waals surface area (Å²) in [5, 5.41) is 6.28. The number of nitrogens with zero attached hydrogens (tertiary/aromatic N) is 1. The lowest BCUT2D eigenvalue weighted by Gasteiger charge is -2.18. The average molecular weight is 452 g/mol. The summed E-state index contributed by atoms with van der Waals surface area (Å²) in [4.78, 5) is 60.0. The van der Waals surface area contributed by atoms with E-state index in [9.17, 15) is 24.0 Å². The minimum Gasteiger partial charge on any atom is -0.455 e. The van der Waals surface area contributed by atoms with Crippen molar-refractivity contribution in [2.75, 3.05) is 23.8 Å². The molecule has 10 nitrogen and oxygen atoms in total. The molecule has 1 fully saturated rings. The molecule has 2 aromatic carbocycles. The Kier molecular flexibility index (Phi) is 7.39. The highest BCUT2D eigenvalue weighted by molar-refractivity contribution is 5.98. The lowest BCUT2D eigenvalue weighted by atomic mass is 10.1. The Morgan fingerprint density at radius 2 is 1.64 bits per heavy atom. The first kappa shape index (κ1) is 23.5. The van der Waals surface area contributed by atoms with Gasteiger partial charge < -0.3 is 15.4 Å². The monoisotopic (exact) mass is 452 g/mol. The summed E-state index contributed by atoms with van der Waals surface area (Å²) in [5.74, 6) is -3.12. The quantitative estimate of drug-likeness (QED) is 0.547. The summed E-state index contributed by atoms with van der Waals surface area (Å²) in [7, 11) is 0. The fourth-order valence-electron chi connectivity index (χ4n) is 3.28. The summed E-state index contributed by atoms with van der Waals surface area (Å²) >= 11 is 0. The molecule has 0 bridgehead atoms. The van der Waals surface area contributed by atoms with Crippen LogP contribution >= 0.6 is 0 Å². The maximum atomic E-state index is 12.4. The third-order valence-electron chi connectivity index (χ3n) is 4.92. The Balaban J connectivity index is 1.46. The van der Waals surface area contributed by atoms with Gasteiger partial charge >= 0.3 is 5.97 Å². The number of aryl methyl sites for hydroxylation is 1. The number of hydrogen-bond donors (Lipinski definition) is 3. The van der Waals surface area contributed by atoms with Crippen molar-refractivity contribution >= 4 is 41.0 Å². The van der Waals surface area contributed by atoms with Crippen LogP contribution in [0.4, 0.5) is 11.4 Å². The second-order valence-electron chi connectivity index (χ2n) is 7.58. The molecule has 0 saturated carbocycles. The van der Waals surface area contributed by atoms with Gasteiger partial charge in [-0.3, -0.25) is 34.4 Å². The second kappa shape index (κ2) is 10.4. The first-order valence-electron chi connectivity index (χ1n) is 10.2. The maximum absolute atomic E-state index is 12.4. The molecule has 1 heterocycles. The fraction of sp³-hybridized carbons (Fsp3) is 0.261. The highest BCUT2D eigenvalue weighted by Crippen LogP contribution is 2.19. The van der Waals surface area contributed by atoms with E-state index in [1.807, 2.05) is 0 Å². The molecule has 4 amide bonds. The molecule has 0 radical (unpaired) electrons. The van der Waals surface area contributed by atoms with Crippen molar-refractivity contribution in [2.45, 2.75) is 20.3 Å². The summed E-state index contributed by atoms with van der Waals surface area (Å²) in [6.07, 6.45) is -0.126. The third-order valence-corrected chi connectivity index (χ3v) is 4.92. The molecule has 1 aliphatic rings. The van der Waals surface area contributed by atoms with Crippen LogP contribution in [0.15, 0.2) is 48.5 Å². The zero-order valence-corrected chi connectivity index (χ0v) is 18.2. The van der Waals surface area contributed by atoms with Crippen molar-refractivity contribution in [3.8, 4) is 0 Å². The molecular formula is C23H24N4O6. The number of ether oxygens (including phenoxy) is 1. The SMILES string of the molecule is CC(=O)Nc1ccc(NC(=O)COC(=O)[C@H]2CC(=O)N(NC(=O)c3ccccc3C)C2)cc1. The molecule has 0 aliphatic carbocycles. The van der Waals surface area contributed by atoms with Gasteiger partial charge in [-0.05, 0) is 42.8 Å². The average Bonchev–Trinajstić information content (AvgIpc) is 3.13. The van der Waals surface area contributed by atoms with Crippen LogP contribution in [0.3, 0.4) is 0 Å². The molecule has 33 heavy (non-hydrogen) atoms. The van der Waals surface area contributed by atoms with Crippen molar-refractivity contribution < 1.29 is 28.7 Å². The molecule has 1 aliphatic heterocycles. The molecule has 172 valence electrons. The standard InChI is InChI=1S/C23H24N4O6/c1-14-5-3-4-6-19(14)22(31)26-27-12-16(11-21(27)30)23(32)33-13-20(29)25-18-9-7-17(8-10-18)24-15(2)28/h3-10,16H,11-13H2,1-2H3,(H,24,28)(H,25,29)(H,26,31)/t16-/m0/s1. The molecule has 0 spiro atoms. The Bertz CT molecular complexity index is 1080. The number of esters is 1. The van der Waals surface area contributed by atoms with Crippen LogP contribution in [-0.2, 0) is 23.9 Å². The molecule has 0 unspecified atom stereocenters. The van der Waals surface area contributed by atoms with Gasteiger partial charge in [-0.2, -0.15) is 0 Å². The number of carbonyl (C=O) groups is 5. The minimum atomic E-state index is -0.792. The van der Waals surface area contributed by atoms with Crippen molar-refractivity contribution in [1.29, 1.82) is 0 Å². The van der Waals surface area contributed by atoms with Gasteiger partial charge in [-0.1, -0.05) is 18.2 Å². The number of benzene rings is 2. The number of anilines is 2. The van der Waals surface area contributed by atoms with Crippen LogP contribution in [0.5, 0.6) is 0 Å². The Morgan fingerprint density at radius 1 is 1.00 bits per heavy atom. The van der Waals surface area contributed by atoms with E-state index in [0.29, 0.717) is 16.9 Å². The molecule has 1 saturated heterocycles. The number of amides is 4. The second-order valence-corrected chi connectivity index (χ2v) is 7.58. The summed E-state index contributed by atoms with van der Waals surface area (Å²) in [6, 6.07) is 13.4. The number of hydrazine groups is 1. The van der Waals surface area contributed by atoms with Crippen LogP contribution in [-0.4, -0.2) is 47.8 Å². The van der Waals surface area contributed by atoms with E-state index in [2.05, 4.69) is 16.1 Å². The van der Waals surface area contributed by atoms with E-state index < -0.39 is 36.2 Å². The van der Waals surface area contributed by atoms with Crippen LogP contribution in [0, 0.1) is 12.8 Å². The molecule has 3 N–H and O–H groups in total. The van der Waals surface area contributed by atoms with E-state index in [1.165, 1.54) is 6.92 Å². The number of rotatable bonds is 7. The van der Waals surface area contributed by atoms with Crippen LogP contribution < -0.4 is 16.1 Å². The molecule has 0 aromatic heterocycles. The number of hydrogen-bond acceptors (Lipinski definition) is 6. The predicted octanol–water partition coefficient (Wildman–Crippen LogP) is 1.63. The first-order chi connectivity index (χ1) is 15.7. The van der Waals surface area contributed by atoms with Gasteiger partial charge in [0, 0.05) is 30.3 Å². The highest BCUT2D eigenvalue weighted by atomic mass is 16.5. The number of nitrogens with one attached hydrogen (secondary N) is 3. The summed E-state index contributed by atoms with van der Waals surface area (Å²) < 4.78 is 5.04. The molecule has 10 heteroatoms. The van der Waals surface area contributed by atoms with Crippen molar-refractivity contribution in [2.24, 2.45) is 5.92 Å². The highest BCUT2D eigenvalue weighted by Gasteiger charge is 2.36. The zero-order chi connectivity index (χ0) is 24.0. The van der Waals surface area contributed by atoms with Gasteiger partial charge in [0.25, 0.3) is 11.8 Å². The van der Waals surface area contributed by atoms with Crippen LogP contribution in [0.1, 0.15) is 29.3 Å². The molecular weight excluding hydrogens is 428 g/mol. The van der Waals surface area contributed by atoms with E-state index in [4.69, 9.17) is 4.74 Å². The lowest BCUT2D eigenvalue weighted by molar-refractivity contribution is -0.151. The first-order valence-corrected chi connectivity index (χ1v) is 10.2. The Labute approximate surface area is 190 Å². The smallest absolute Gasteiger partial charge is 0.311 e. The van der Waals surface area contributed by atoms with E-state index in [1.54, 1.807) is 55.5 Å². The van der Waals surface area contributed by atoms with Gasteiger partial charge in [0.1, 0.15) is 0 Å². The van der Waals surface area contributed by atoms with E-state index in [0.717, 1.165) is 10.6 Å². The van der Waals surface area contributed by atoms with Crippen molar-refractivity contribution in [1.82, 2.24) is 10.4 Å². The van der Waals surface area contributed by atoms with Crippen molar-refractivity contribution in [3.63, 3.8) is 0 Å². The van der Waals surface area contributed by atoms with Gasteiger partial charge in [0.2, 0.25) is 11.8 Å². The fourth-order valence-corrected chi connectivity index (χ4v) is 3.28. The third kappa shape index (κ3) is 6.39. The lowest BCUT2D eigenvalue weighted by Crippen LogP contribution is -2.43. The minimum absolute atomic E-state index is 0.0402. The van der Waals surface area contributed by atoms with E-state index in [-0.39, 0.29) is 18.9 Å². The zero-order valence-electron chi connectivity index (χ0n) is 18.2. The summed E-state index contributed by atoms with van der Waals surface area (Å²) in [5.41, 5.74) is 4.75. The summed E-state index contributed by atoms with van der Waals surface area (Å²) in [6.45, 7) is 2.61. The Morgan fingerprint density at radius 3 is 2.27 bits per heavy atom. The topological polar surface area (TPSA) is 134 Å². The maximum Gasteiger partial charge on any atom is 0.311 e. The Hall–Kier alpha value is -4.21. The molecule has 1 atom stereocenters. The van der Waals surface area contributed by atoms with Gasteiger partial charge in [0.15, 0.2) is 6.61 Å². The van der Waals surface area contributed by atoms with Gasteiger partial charge in [-0.15, -0.1) is 0 Å². The molecule has 3 rings (SSSR count). The van der Waals surface area contributed by atoms with Crippen LogP contribution in [0.25, 0.3) is 0 Å². The van der Waals surface area contributed by atoms with E-state index >= 15 is 0 Å². The number of carbonyl (C=O) groups excluding carboxylic acids is 5. The van der Waals surface area contributed by atoms with Gasteiger partial charge in [-0.25, -0.2) is 0 Å². The normalized spacial score (nSPS) is 15.0. The predicted molar refractivity (Wildman–Crippen MR) is 119 cm³/mol. The van der Waals surface area contributed by atoms with Crippen molar-refractivity contribution in [3.05, 3.63) is 59.7 Å².